The number of anilines is 1. The molecule has 0 heterocycles. The van der Waals surface area contributed by atoms with Gasteiger partial charge in [0.2, 0.25) is 5.91 Å². The summed E-state index contributed by atoms with van der Waals surface area (Å²) in [7, 11) is 0. The van der Waals surface area contributed by atoms with Crippen LogP contribution in [0, 0.1) is 5.41 Å². The highest BCUT2D eigenvalue weighted by Crippen LogP contribution is 2.42. The number of phenols is 1. The maximum Gasteiger partial charge on any atom is 0.339 e. The Morgan fingerprint density at radius 2 is 1.95 bits per heavy atom. The molecule has 1 aromatic carbocycles. The molecule has 0 bridgehead atoms. The van der Waals surface area contributed by atoms with Gasteiger partial charge in [0.1, 0.15) is 5.56 Å². The number of nitrogens with one attached hydrogen (secondary N) is 1. The van der Waals surface area contributed by atoms with Crippen molar-refractivity contribution in [2.75, 3.05) is 5.32 Å². The highest BCUT2D eigenvalue weighted by atomic mass is 16.4. The molecular weight excluding hydrogens is 258 g/mol. The van der Waals surface area contributed by atoms with E-state index in [-0.39, 0.29) is 22.6 Å². The normalized spacial score (nSPS) is 16.9. The molecule has 0 aliphatic heterocycles. The van der Waals surface area contributed by atoms with Crippen LogP contribution in [0.1, 0.15) is 49.4 Å². The monoisotopic (exact) mass is 277 g/mol. The number of carboxylic acid groups (broad SMARTS) is 1. The zero-order valence-corrected chi connectivity index (χ0v) is 11.5. The van der Waals surface area contributed by atoms with Crippen LogP contribution in [0.15, 0.2) is 18.2 Å². The number of amides is 1. The van der Waals surface area contributed by atoms with Crippen molar-refractivity contribution in [2.24, 2.45) is 5.41 Å². The second-order valence-corrected chi connectivity index (χ2v) is 5.30. The van der Waals surface area contributed by atoms with E-state index in [1.165, 1.54) is 18.2 Å². The molecule has 0 saturated heterocycles. The van der Waals surface area contributed by atoms with Crippen molar-refractivity contribution >= 4 is 17.6 Å². The number of rotatable bonds is 4. The van der Waals surface area contributed by atoms with E-state index < -0.39 is 11.7 Å². The molecule has 5 heteroatoms. The molecule has 3 N–H and O–H groups in total. The maximum absolute atomic E-state index is 12.4. The lowest BCUT2D eigenvalue weighted by atomic mass is 9.82. The Morgan fingerprint density at radius 3 is 2.50 bits per heavy atom. The lowest BCUT2D eigenvalue weighted by Gasteiger charge is -2.26. The summed E-state index contributed by atoms with van der Waals surface area (Å²) in [5.74, 6) is -1.74. The number of carbonyl (C=O) groups is 2. The van der Waals surface area contributed by atoms with Gasteiger partial charge in [0.25, 0.3) is 0 Å². The lowest BCUT2D eigenvalue weighted by molar-refractivity contribution is -0.125. The highest BCUT2D eigenvalue weighted by molar-refractivity contribution is 6.00. The number of carbonyl (C=O) groups excluding carboxylic acids is 1. The van der Waals surface area contributed by atoms with Crippen LogP contribution in [-0.2, 0) is 4.79 Å². The first-order valence-electron chi connectivity index (χ1n) is 6.87. The zero-order chi connectivity index (χ0) is 14.8. The SMILES string of the molecule is CCC1(C(=O)Nc2cccc(C(=O)O)c2O)CCCC1. The molecule has 1 aliphatic carbocycles. The molecule has 5 nitrogen and oxygen atoms in total. The van der Waals surface area contributed by atoms with E-state index in [1.54, 1.807) is 0 Å². The highest BCUT2D eigenvalue weighted by Gasteiger charge is 2.39. The van der Waals surface area contributed by atoms with Gasteiger partial charge in [0, 0.05) is 5.41 Å². The average molecular weight is 277 g/mol. The average Bonchev–Trinajstić information content (AvgIpc) is 2.90. The molecular formula is C15H19NO4. The fourth-order valence-electron chi connectivity index (χ4n) is 2.86. The van der Waals surface area contributed by atoms with Crippen LogP contribution in [0.3, 0.4) is 0 Å². The minimum atomic E-state index is -1.22. The van der Waals surface area contributed by atoms with Gasteiger partial charge in [-0.25, -0.2) is 4.79 Å². The Hall–Kier alpha value is -2.04. The summed E-state index contributed by atoms with van der Waals surface area (Å²) in [6.07, 6.45) is 4.49. The van der Waals surface area contributed by atoms with E-state index in [0.717, 1.165) is 32.1 Å². The van der Waals surface area contributed by atoms with E-state index in [2.05, 4.69) is 5.32 Å². The third kappa shape index (κ3) is 2.48. The van der Waals surface area contributed by atoms with Gasteiger partial charge in [0.05, 0.1) is 5.69 Å². The smallest absolute Gasteiger partial charge is 0.339 e. The van der Waals surface area contributed by atoms with Crippen LogP contribution in [0.4, 0.5) is 5.69 Å². The van der Waals surface area contributed by atoms with Crippen LogP contribution < -0.4 is 5.32 Å². The summed E-state index contributed by atoms with van der Waals surface area (Å²) < 4.78 is 0. The molecule has 1 fully saturated rings. The van der Waals surface area contributed by atoms with Crippen LogP contribution in [0.5, 0.6) is 5.75 Å². The third-order valence-electron chi connectivity index (χ3n) is 4.23. The van der Waals surface area contributed by atoms with E-state index >= 15 is 0 Å². The van der Waals surface area contributed by atoms with Crippen molar-refractivity contribution < 1.29 is 19.8 Å². The molecule has 1 aromatic rings. The lowest BCUT2D eigenvalue weighted by Crippen LogP contribution is -2.33. The number of aromatic hydroxyl groups is 1. The van der Waals surface area contributed by atoms with Gasteiger partial charge < -0.3 is 15.5 Å². The van der Waals surface area contributed by atoms with Gasteiger partial charge in [-0.2, -0.15) is 0 Å². The first-order chi connectivity index (χ1) is 9.50. The summed E-state index contributed by atoms with van der Waals surface area (Å²) in [6.45, 7) is 1.98. The summed E-state index contributed by atoms with van der Waals surface area (Å²) in [5.41, 5.74) is -0.430. The van der Waals surface area contributed by atoms with Crippen molar-refractivity contribution in [3.8, 4) is 5.75 Å². The van der Waals surface area contributed by atoms with Crippen molar-refractivity contribution in [3.63, 3.8) is 0 Å². The van der Waals surface area contributed by atoms with Gasteiger partial charge in [-0.15, -0.1) is 0 Å². The number of hydrogen-bond acceptors (Lipinski definition) is 3. The summed E-state index contributed by atoms with van der Waals surface area (Å²) in [6, 6.07) is 4.32. The number of hydrogen-bond donors (Lipinski definition) is 3. The van der Waals surface area contributed by atoms with Crippen LogP contribution in [0.25, 0.3) is 0 Å². The van der Waals surface area contributed by atoms with Crippen molar-refractivity contribution in [3.05, 3.63) is 23.8 Å². The van der Waals surface area contributed by atoms with Gasteiger partial charge >= 0.3 is 5.97 Å². The predicted molar refractivity (Wildman–Crippen MR) is 74.9 cm³/mol. The minimum Gasteiger partial charge on any atom is -0.505 e. The molecule has 1 amide bonds. The topological polar surface area (TPSA) is 86.6 Å². The van der Waals surface area contributed by atoms with E-state index in [4.69, 9.17) is 5.11 Å². The molecule has 0 unspecified atom stereocenters. The largest absolute Gasteiger partial charge is 0.505 e. The summed E-state index contributed by atoms with van der Waals surface area (Å²) >= 11 is 0. The number of aromatic carboxylic acids is 1. The summed E-state index contributed by atoms with van der Waals surface area (Å²) in [5, 5.41) is 21.6. The minimum absolute atomic E-state index is 0.129. The number of benzene rings is 1. The van der Waals surface area contributed by atoms with Gasteiger partial charge in [-0.1, -0.05) is 25.8 Å². The van der Waals surface area contributed by atoms with Crippen LogP contribution in [0.2, 0.25) is 0 Å². The first kappa shape index (κ1) is 14.4. The van der Waals surface area contributed by atoms with Gasteiger partial charge in [-0.05, 0) is 31.4 Å². The third-order valence-corrected chi connectivity index (χ3v) is 4.23. The van der Waals surface area contributed by atoms with Crippen LogP contribution in [-0.4, -0.2) is 22.1 Å². The quantitative estimate of drug-likeness (QED) is 0.738. The molecule has 20 heavy (non-hydrogen) atoms. The number of carboxylic acids is 1. The second kappa shape index (κ2) is 5.53. The van der Waals surface area contributed by atoms with Crippen molar-refractivity contribution in [1.29, 1.82) is 0 Å². The van der Waals surface area contributed by atoms with Crippen molar-refractivity contribution in [2.45, 2.75) is 39.0 Å². The molecule has 108 valence electrons. The fourth-order valence-corrected chi connectivity index (χ4v) is 2.86. The van der Waals surface area contributed by atoms with Crippen LogP contribution >= 0.6 is 0 Å². The van der Waals surface area contributed by atoms with Gasteiger partial charge in [0.15, 0.2) is 5.75 Å². The van der Waals surface area contributed by atoms with Crippen molar-refractivity contribution in [1.82, 2.24) is 0 Å². The van der Waals surface area contributed by atoms with E-state index in [1.807, 2.05) is 6.92 Å². The maximum atomic E-state index is 12.4. The number of para-hydroxylation sites is 1. The van der Waals surface area contributed by atoms with E-state index in [9.17, 15) is 14.7 Å². The van der Waals surface area contributed by atoms with E-state index in [0.29, 0.717) is 0 Å². The molecule has 0 radical (unpaired) electrons. The Kier molecular flexibility index (Phi) is 3.97. The summed E-state index contributed by atoms with van der Waals surface area (Å²) in [4.78, 5) is 23.4. The Balaban J connectivity index is 2.24. The standard InChI is InChI=1S/C15H19NO4/c1-2-15(8-3-4-9-15)14(20)16-11-7-5-6-10(12(11)17)13(18)19/h5-7,17H,2-4,8-9H2,1H3,(H,16,20)(H,18,19). The Labute approximate surface area is 117 Å². The molecule has 0 spiro atoms. The Morgan fingerprint density at radius 1 is 1.30 bits per heavy atom. The second-order valence-electron chi connectivity index (χ2n) is 5.30. The predicted octanol–water partition coefficient (Wildman–Crippen LogP) is 3.00. The molecule has 1 saturated carbocycles. The molecule has 1 aliphatic rings. The molecule has 0 atom stereocenters. The Bertz CT molecular complexity index is 533. The molecule has 2 rings (SSSR count). The first-order valence-corrected chi connectivity index (χ1v) is 6.87. The van der Waals surface area contributed by atoms with Gasteiger partial charge in [-0.3, -0.25) is 4.79 Å². The fraction of sp³-hybridized carbons (Fsp3) is 0.467. The zero-order valence-electron chi connectivity index (χ0n) is 11.5. The molecule has 0 aromatic heterocycles.